The van der Waals surface area contributed by atoms with Crippen molar-refractivity contribution < 1.29 is 19.1 Å². The van der Waals surface area contributed by atoms with Gasteiger partial charge in [0, 0.05) is 25.4 Å². The van der Waals surface area contributed by atoms with Crippen molar-refractivity contribution in [3.8, 4) is 16.3 Å². The average Bonchev–Trinajstić information content (AvgIpc) is 3.22. The maximum atomic E-state index is 12.3. The molecule has 1 amide bonds. The van der Waals surface area contributed by atoms with Crippen LogP contribution in [-0.4, -0.2) is 53.8 Å². The van der Waals surface area contributed by atoms with Gasteiger partial charge in [-0.25, -0.2) is 0 Å². The molecule has 3 rings (SSSR count). The molecular formula is C20H25N3O4S. The average molecular weight is 404 g/mol. The van der Waals surface area contributed by atoms with Gasteiger partial charge < -0.3 is 14.4 Å². The van der Waals surface area contributed by atoms with Gasteiger partial charge in [0.15, 0.2) is 5.01 Å². The van der Waals surface area contributed by atoms with Crippen LogP contribution in [0.5, 0.6) is 5.75 Å². The first-order valence-corrected chi connectivity index (χ1v) is 10.3. The van der Waals surface area contributed by atoms with E-state index in [0.717, 1.165) is 34.2 Å². The van der Waals surface area contributed by atoms with Crippen LogP contribution in [0.3, 0.4) is 0 Å². The van der Waals surface area contributed by atoms with Crippen molar-refractivity contribution in [3.05, 3.63) is 29.3 Å². The normalized spacial score (nSPS) is 14.7. The summed E-state index contributed by atoms with van der Waals surface area (Å²) in [4.78, 5) is 25.5. The fourth-order valence-electron chi connectivity index (χ4n) is 3.31. The first-order valence-electron chi connectivity index (χ1n) is 9.52. The Morgan fingerprint density at radius 1 is 1.18 bits per heavy atom. The van der Waals surface area contributed by atoms with Crippen molar-refractivity contribution in [1.29, 1.82) is 0 Å². The number of methoxy groups -OCH3 is 1. The number of esters is 1. The molecule has 1 aromatic heterocycles. The molecule has 1 aliphatic rings. The number of ether oxygens (including phenoxy) is 2. The summed E-state index contributed by atoms with van der Waals surface area (Å²) >= 11 is 1.58. The number of carbonyl (C=O) groups excluding carboxylic acids is 2. The van der Waals surface area contributed by atoms with Crippen LogP contribution in [0.1, 0.15) is 43.5 Å². The number of aromatic nitrogens is 2. The van der Waals surface area contributed by atoms with Crippen LogP contribution in [0.2, 0.25) is 0 Å². The minimum absolute atomic E-state index is 0.0125. The summed E-state index contributed by atoms with van der Waals surface area (Å²) in [6.45, 7) is 3.46. The van der Waals surface area contributed by atoms with Gasteiger partial charge in [-0.1, -0.05) is 23.5 Å². The lowest BCUT2D eigenvalue weighted by Gasteiger charge is -2.31. The predicted octanol–water partition coefficient (Wildman–Crippen LogP) is 3.26. The zero-order valence-electron chi connectivity index (χ0n) is 16.2. The maximum absolute atomic E-state index is 12.3. The molecule has 1 fully saturated rings. The summed E-state index contributed by atoms with van der Waals surface area (Å²) in [5.41, 5.74) is 0.945. The van der Waals surface area contributed by atoms with E-state index in [1.807, 2.05) is 29.2 Å². The Morgan fingerprint density at radius 3 is 2.64 bits per heavy atom. The summed E-state index contributed by atoms with van der Waals surface area (Å²) < 4.78 is 10.3. The van der Waals surface area contributed by atoms with Crippen molar-refractivity contribution in [3.63, 3.8) is 0 Å². The second-order valence-electron chi connectivity index (χ2n) is 6.61. The van der Waals surface area contributed by atoms with Crippen LogP contribution in [0, 0.1) is 0 Å². The highest BCUT2D eigenvalue weighted by molar-refractivity contribution is 7.14. The van der Waals surface area contributed by atoms with Crippen LogP contribution in [0.15, 0.2) is 24.3 Å². The number of hydrogen-bond donors (Lipinski definition) is 0. The lowest BCUT2D eigenvalue weighted by atomic mass is 9.97. The molecule has 1 aromatic carbocycles. The highest BCUT2D eigenvalue weighted by Gasteiger charge is 2.27. The Hall–Kier alpha value is -2.48. The van der Waals surface area contributed by atoms with Crippen molar-refractivity contribution in [2.75, 3.05) is 26.8 Å². The molecule has 0 N–H and O–H groups in total. The Balaban J connectivity index is 1.55. The van der Waals surface area contributed by atoms with Crippen molar-refractivity contribution >= 4 is 23.2 Å². The lowest BCUT2D eigenvalue weighted by molar-refractivity contribution is -0.145. The number of para-hydroxylation sites is 1. The maximum Gasteiger partial charge on any atom is 0.306 e. The molecule has 28 heavy (non-hydrogen) atoms. The molecule has 0 radical (unpaired) electrons. The van der Waals surface area contributed by atoms with Gasteiger partial charge in [-0.15, -0.1) is 10.2 Å². The van der Waals surface area contributed by atoms with Crippen LogP contribution >= 0.6 is 11.3 Å². The van der Waals surface area contributed by atoms with E-state index < -0.39 is 0 Å². The smallest absolute Gasteiger partial charge is 0.306 e. The first-order chi connectivity index (χ1) is 13.6. The molecule has 7 nitrogen and oxygen atoms in total. The fraction of sp³-hybridized carbons (Fsp3) is 0.500. The number of likely N-dealkylation sites (tertiary alicyclic amines) is 1. The van der Waals surface area contributed by atoms with Crippen molar-refractivity contribution in [2.24, 2.45) is 0 Å². The molecule has 150 valence electrons. The number of nitrogens with zero attached hydrogens (tertiary/aromatic N) is 3. The molecule has 0 spiro atoms. The molecule has 1 saturated heterocycles. The molecule has 0 saturated carbocycles. The van der Waals surface area contributed by atoms with Gasteiger partial charge in [0.05, 0.1) is 25.7 Å². The van der Waals surface area contributed by atoms with Gasteiger partial charge in [0.2, 0.25) is 5.91 Å². The molecule has 8 heteroatoms. The largest absolute Gasteiger partial charge is 0.496 e. The summed E-state index contributed by atoms with van der Waals surface area (Å²) in [5.74, 6) is 0.782. The first kappa shape index (κ1) is 20.3. The molecule has 0 bridgehead atoms. The van der Waals surface area contributed by atoms with Gasteiger partial charge in [-0.2, -0.15) is 0 Å². The van der Waals surface area contributed by atoms with Gasteiger partial charge in [0.25, 0.3) is 0 Å². The number of piperidine rings is 1. The van der Waals surface area contributed by atoms with E-state index in [9.17, 15) is 9.59 Å². The predicted molar refractivity (Wildman–Crippen MR) is 106 cm³/mol. The number of rotatable bonds is 7. The van der Waals surface area contributed by atoms with E-state index in [0.29, 0.717) is 25.6 Å². The Labute approximate surface area is 168 Å². The summed E-state index contributed by atoms with van der Waals surface area (Å²) in [6, 6.07) is 7.78. The summed E-state index contributed by atoms with van der Waals surface area (Å²) in [7, 11) is 1.65. The summed E-state index contributed by atoms with van der Waals surface area (Å²) in [6.07, 6.45) is 2.06. The monoisotopic (exact) mass is 403 g/mol. The molecule has 0 aliphatic carbocycles. The van der Waals surface area contributed by atoms with Crippen molar-refractivity contribution in [2.45, 2.75) is 38.5 Å². The van der Waals surface area contributed by atoms with Gasteiger partial charge >= 0.3 is 5.97 Å². The van der Waals surface area contributed by atoms with Crippen LogP contribution in [0.25, 0.3) is 10.6 Å². The third-order valence-corrected chi connectivity index (χ3v) is 5.94. The van der Waals surface area contributed by atoms with Crippen LogP contribution in [0.4, 0.5) is 0 Å². The zero-order chi connectivity index (χ0) is 19.9. The minimum Gasteiger partial charge on any atom is -0.496 e. The van der Waals surface area contributed by atoms with Gasteiger partial charge in [0.1, 0.15) is 10.8 Å². The topological polar surface area (TPSA) is 81.6 Å². The van der Waals surface area contributed by atoms with E-state index in [-0.39, 0.29) is 24.7 Å². The van der Waals surface area contributed by atoms with Gasteiger partial charge in [-0.3, -0.25) is 9.59 Å². The molecule has 2 aromatic rings. The molecule has 0 unspecified atom stereocenters. The molecule has 2 heterocycles. The minimum atomic E-state index is -0.316. The molecule has 1 aliphatic heterocycles. The Kier molecular flexibility index (Phi) is 6.97. The third kappa shape index (κ3) is 4.86. The van der Waals surface area contributed by atoms with E-state index in [1.165, 1.54) is 0 Å². The SMILES string of the molecule is CCOC(=O)CCC(=O)N1CCC(c2nnc(-c3ccccc3OC)s2)CC1. The number of hydrogen-bond acceptors (Lipinski definition) is 7. The second-order valence-corrected chi connectivity index (χ2v) is 7.61. The summed E-state index contributed by atoms with van der Waals surface area (Å²) in [5, 5.41) is 10.6. The van der Waals surface area contributed by atoms with Gasteiger partial charge in [-0.05, 0) is 31.9 Å². The quantitative estimate of drug-likeness (QED) is 0.660. The number of carbonyl (C=O) groups is 2. The highest BCUT2D eigenvalue weighted by Crippen LogP contribution is 2.36. The standard InChI is InChI=1S/C20H25N3O4S/c1-3-27-18(25)9-8-17(24)23-12-10-14(11-13-23)19-21-22-20(28-19)15-6-4-5-7-16(15)26-2/h4-7,14H,3,8-13H2,1-2H3. The lowest BCUT2D eigenvalue weighted by Crippen LogP contribution is -2.38. The Bertz CT molecular complexity index is 815. The number of benzene rings is 1. The van der Waals surface area contributed by atoms with Crippen LogP contribution < -0.4 is 4.74 Å². The number of amides is 1. The highest BCUT2D eigenvalue weighted by atomic mass is 32.1. The van der Waals surface area contributed by atoms with Crippen molar-refractivity contribution in [1.82, 2.24) is 15.1 Å². The molecule has 0 atom stereocenters. The fourth-order valence-corrected chi connectivity index (χ4v) is 4.35. The van der Waals surface area contributed by atoms with E-state index in [2.05, 4.69) is 10.2 Å². The molecular weight excluding hydrogens is 378 g/mol. The van der Waals surface area contributed by atoms with Crippen LogP contribution in [-0.2, 0) is 14.3 Å². The van der Waals surface area contributed by atoms with E-state index in [1.54, 1.807) is 25.4 Å². The van der Waals surface area contributed by atoms with E-state index >= 15 is 0 Å². The Morgan fingerprint density at radius 2 is 1.93 bits per heavy atom. The third-order valence-electron chi connectivity index (χ3n) is 4.82. The van der Waals surface area contributed by atoms with E-state index in [4.69, 9.17) is 9.47 Å². The zero-order valence-corrected chi connectivity index (χ0v) is 17.0. The second kappa shape index (κ2) is 9.64.